The zero-order valence-electron chi connectivity index (χ0n) is 23.7. The maximum absolute atomic E-state index is 5.72. The predicted octanol–water partition coefficient (Wildman–Crippen LogP) is 6.83. The van der Waals surface area contributed by atoms with Gasteiger partial charge in [-0.1, -0.05) is 49.0 Å². The van der Waals surface area contributed by atoms with E-state index in [0.29, 0.717) is 0 Å². The SMILES string of the molecule is CCCN(CCCN(C)C)c1cc(/C=C2\Sc3ccccc3N2C)c2ccc(OC)cc2[n+]1-c1ccccc1. The Labute approximate surface area is 237 Å². The number of aromatic nitrogens is 1. The van der Waals surface area contributed by atoms with Crippen LogP contribution in [0, 0.1) is 0 Å². The van der Waals surface area contributed by atoms with E-state index in [1.54, 1.807) is 7.11 Å². The molecule has 3 aromatic carbocycles. The van der Waals surface area contributed by atoms with Crippen molar-refractivity contribution in [3.05, 3.63) is 89.5 Å². The second-order valence-electron chi connectivity index (χ2n) is 10.3. The molecule has 202 valence electrons. The van der Waals surface area contributed by atoms with Gasteiger partial charge in [0.25, 0.3) is 5.82 Å². The third-order valence-corrected chi connectivity index (χ3v) is 8.35. The third kappa shape index (κ3) is 5.77. The molecule has 0 fully saturated rings. The number of fused-ring (bicyclic) bond motifs is 2. The summed E-state index contributed by atoms with van der Waals surface area (Å²) < 4.78 is 8.13. The molecule has 0 saturated heterocycles. The molecule has 5 rings (SSSR count). The van der Waals surface area contributed by atoms with Gasteiger partial charge < -0.3 is 14.5 Å². The van der Waals surface area contributed by atoms with Crippen LogP contribution in [-0.4, -0.2) is 52.8 Å². The van der Waals surface area contributed by atoms with Crippen LogP contribution in [0.25, 0.3) is 22.7 Å². The fourth-order valence-corrected chi connectivity index (χ4v) is 6.34. The van der Waals surface area contributed by atoms with Crippen LogP contribution in [0.3, 0.4) is 0 Å². The van der Waals surface area contributed by atoms with Gasteiger partial charge in [-0.2, -0.15) is 4.57 Å². The topological polar surface area (TPSA) is 22.8 Å². The Hall–Kier alpha value is -3.48. The molecule has 0 atom stereocenters. The molecule has 4 aromatic rings. The smallest absolute Gasteiger partial charge is 0.282 e. The molecule has 1 aliphatic rings. The zero-order valence-corrected chi connectivity index (χ0v) is 24.5. The Morgan fingerprint density at radius 2 is 1.69 bits per heavy atom. The first kappa shape index (κ1) is 27.1. The fraction of sp³-hybridized carbons (Fsp3) is 0.303. The average Bonchev–Trinajstić information content (AvgIpc) is 3.27. The van der Waals surface area contributed by atoms with Gasteiger partial charge in [0, 0.05) is 36.0 Å². The maximum Gasteiger partial charge on any atom is 0.282 e. The molecule has 2 heterocycles. The van der Waals surface area contributed by atoms with Crippen LogP contribution < -0.4 is 19.1 Å². The van der Waals surface area contributed by atoms with E-state index in [9.17, 15) is 0 Å². The lowest BCUT2D eigenvalue weighted by Crippen LogP contribution is -2.42. The molecule has 0 spiro atoms. The first-order valence-corrected chi connectivity index (χ1v) is 14.6. The Kier molecular flexibility index (Phi) is 8.44. The van der Waals surface area contributed by atoms with E-state index in [2.05, 4.69) is 132 Å². The molecular weight excluding hydrogens is 500 g/mol. The first-order valence-electron chi connectivity index (χ1n) is 13.7. The maximum atomic E-state index is 5.72. The number of methoxy groups -OCH3 is 1. The van der Waals surface area contributed by atoms with E-state index < -0.39 is 0 Å². The van der Waals surface area contributed by atoms with E-state index in [-0.39, 0.29) is 0 Å². The lowest BCUT2D eigenvalue weighted by atomic mass is 10.1. The van der Waals surface area contributed by atoms with Crippen molar-refractivity contribution in [3.63, 3.8) is 0 Å². The Morgan fingerprint density at radius 3 is 2.41 bits per heavy atom. The van der Waals surface area contributed by atoms with Crippen molar-refractivity contribution in [1.82, 2.24) is 4.90 Å². The van der Waals surface area contributed by atoms with Crippen molar-refractivity contribution in [2.24, 2.45) is 0 Å². The molecule has 0 N–H and O–H groups in total. The standard InChI is InChI=1S/C33H39N4OS/c1-6-19-36(21-12-20-34(2)3)32-22-25(23-33-35(4)29-15-10-11-16-31(29)39-33)28-18-17-27(38-5)24-30(28)37(32)26-13-8-7-9-14-26/h7-11,13-18,22-24H,6,12,19-21H2,1-5H3/q+1. The minimum atomic E-state index is 0.859. The number of nitrogens with zero attached hydrogens (tertiary/aromatic N) is 4. The monoisotopic (exact) mass is 539 g/mol. The largest absolute Gasteiger partial charge is 0.497 e. The van der Waals surface area contributed by atoms with Gasteiger partial charge in [-0.3, -0.25) is 4.90 Å². The molecule has 0 unspecified atom stereocenters. The van der Waals surface area contributed by atoms with Crippen molar-refractivity contribution in [1.29, 1.82) is 0 Å². The highest BCUT2D eigenvalue weighted by atomic mass is 32.2. The molecule has 0 radical (unpaired) electrons. The van der Waals surface area contributed by atoms with Crippen LogP contribution in [-0.2, 0) is 0 Å². The van der Waals surface area contributed by atoms with Gasteiger partial charge in [0.2, 0.25) is 0 Å². The van der Waals surface area contributed by atoms with Crippen molar-refractivity contribution in [2.45, 2.75) is 24.7 Å². The molecule has 1 aromatic heterocycles. The zero-order chi connectivity index (χ0) is 27.4. The normalized spacial score (nSPS) is 13.9. The molecule has 39 heavy (non-hydrogen) atoms. The first-order chi connectivity index (χ1) is 19.0. The van der Waals surface area contributed by atoms with Crippen molar-refractivity contribution in [2.75, 3.05) is 57.7 Å². The third-order valence-electron chi connectivity index (χ3n) is 7.19. The molecule has 5 nitrogen and oxygen atoms in total. The van der Waals surface area contributed by atoms with E-state index >= 15 is 0 Å². The van der Waals surface area contributed by atoms with Crippen molar-refractivity contribution in [3.8, 4) is 11.4 Å². The van der Waals surface area contributed by atoms with Gasteiger partial charge in [-0.15, -0.1) is 0 Å². The number of ether oxygens (including phenoxy) is 1. The summed E-state index contributed by atoms with van der Waals surface area (Å²) in [5, 5.41) is 2.43. The van der Waals surface area contributed by atoms with Gasteiger partial charge in [0.05, 0.1) is 30.9 Å². The summed E-state index contributed by atoms with van der Waals surface area (Å²) in [5.74, 6) is 2.06. The van der Waals surface area contributed by atoms with Crippen LogP contribution >= 0.6 is 11.8 Å². The minimum Gasteiger partial charge on any atom is -0.497 e. The summed E-state index contributed by atoms with van der Waals surface area (Å²) in [6.45, 7) is 5.31. The second-order valence-corrected chi connectivity index (χ2v) is 11.3. The Bertz CT molecular complexity index is 1470. The van der Waals surface area contributed by atoms with E-state index in [0.717, 1.165) is 49.4 Å². The van der Waals surface area contributed by atoms with Gasteiger partial charge in [0.15, 0.2) is 0 Å². The summed E-state index contributed by atoms with van der Waals surface area (Å²) in [6, 6.07) is 28.2. The van der Waals surface area contributed by atoms with Crippen LogP contribution in [0.15, 0.2) is 88.8 Å². The lowest BCUT2D eigenvalue weighted by Gasteiger charge is -2.23. The molecule has 0 bridgehead atoms. The van der Waals surface area contributed by atoms with Gasteiger partial charge in [-0.05, 0) is 75.0 Å². The van der Waals surface area contributed by atoms with Crippen molar-refractivity contribution >= 4 is 40.2 Å². The molecule has 0 aliphatic carbocycles. The summed E-state index contributed by atoms with van der Waals surface area (Å²) in [7, 11) is 8.20. The Balaban J connectivity index is 1.73. The van der Waals surface area contributed by atoms with Crippen LogP contribution in [0.2, 0.25) is 0 Å². The summed E-state index contributed by atoms with van der Waals surface area (Å²) in [5.41, 5.74) is 4.76. The van der Waals surface area contributed by atoms with Crippen LogP contribution in [0.4, 0.5) is 11.5 Å². The quantitative estimate of drug-likeness (QED) is 0.206. The van der Waals surface area contributed by atoms with E-state index in [1.165, 1.54) is 32.4 Å². The number of benzene rings is 3. The van der Waals surface area contributed by atoms with Gasteiger partial charge in [-0.25, -0.2) is 0 Å². The highest BCUT2D eigenvalue weighted by molar-refractivity contribution is 8.03. The van der Waals surface area contributed by atoms with E-state index in [1.807, 2.05) is 11.8 Å². The number of rotatable bonds is 10. The van der Waals surface area contributed by atoms with Crippen LogP contribution in [0.1, 0.15) is 25.3 Å². The Morgan fingerprint density at radius 1 is 0.923 bits per heavy atom. The molecule has 1 aliphatic heterocycles. The fourth-order valence-electron chi connectivity index (χ4n) is 5.24. The van der Waals surface area contributed by atoms with Crippen LogP contribution in [0.5, 0.6) is 5.75 Å². The lowest BCUT2D eigenvalue weighted by molar-refractivity contribution is -0.553. The average molecular weight is 540 g/mol. The minimum absolute atomic E-state index is 0.859. The number of pyridine rings is 1. The highest BCUT2D eigenvalue weighted by Crippen LogP contribution is 2.46. The predicted molar refractivity (Wildman–Crippen MR) is 166 cm³/mol. The van der Waals surface area contributed by atoms with E-state index in [4.69, 9.17) is 4.74 Å². The molecular formula is C33H39N4OS+. The van der Waals surface area contributed by atoms with Gasteiger partial charge in [0.1, 0.15) is 17.0 Å². The molecule has 6 heteroatoms. The second kappa shape index (κ2) is 12.1. The highest BCUT2D eigenvalue weighted by Gasteiger charge is 2.27. The van der Waals surface area contributed by atoms with Gasteiger partial charge >= 0.3 is 0 Å². The number of thioether (sulfide) groups is 1. The number of hydrogen-bond donors (Lipinski definition) is 0. The molecule has 0 amide bonds. The summed E-state index contributed by atoms with van der Waals surface area (Å²) in [4.78, 5) is 8.41. The number of hydrogen-bond acceptors (Lipinski definition) is 5. The summed E-state index contributed by atoms with van der Waals surface area (Å²) >= 11 is 1.83. The van der Waals surface area contributed by atoms with Crippen molar-refractivity contribution < 1.29 is 9.30 Å². The number of para-hydroxylation sites is 2. The molecule has 0 saturated carbocycles. The summed E-state index contributed by atoms with van der Waals surface area (Å²) in [6.07, 6.45) is 4.53. The number of anilines is 2.